The number of carboxylic acid groups (broad SMARTS) is 1. The van der Waals surface area contributed by atoms with E-state index in [-0.39, 0.29) is 18.0 Å². The summed E-state index contributed by atoms with van der Waals surface area (Å²) >= 11 is 0. The van der Waals surface area contributed by atoms with Gasteiger partial charge in [0.1, 0.15) is 5.60 Å². The third kappa shape index (κ3) is 5.09. The lowest BCUT2D eigenvalue weighted by Crippen LogP contribution is -2.57. The molecule has 8 heteroatoms. The number of β-amino-alcohol motifs (C(OH)–C–C–N with tert-alkyl or cyclic N) is 1. The zero-order valence-corrected chi connectivity index (χ0v) is 21.4. The van der Waals surface area contributed by atoms with Crippen molar-refractivity contribution in [3.63, 3.8) is 0 Å². The van der Waals surface area contributed by atoms with Gasteiger partial charge in [-0.1, -0.05) is 38.1 Å². The van der Waals surface area contributed by atoms with E-state index in [4.69, 9.17) is 4.74 Å². The van der Waals surface area contributed by atoms with Crippen molar-refractivity contribution in [2.75, 3.05) is 13.1 Å². The highest BCUT2D eigenvalue weighted by Crippen LogP contribution is 2.35. The molecule has 2 amide bonds. The molecule has 2 aromatic rings. The third-order valence-corrected chi connectivity index (χ3v) is 6.87. The molecule has 0 radical (unpaired) electrons. The second-order valence-corrected chi connectivity index (χ2v) is 11.4. The fourth-order valence-electron chi connectivity index (χ4n) is 5.13. The molecule has 0 saturated carbocycles. The van der Waals surface area contributed by atoms with Gasteiger partial charge in [0.2, 0.25) is 0 Å². The summed E-state index contributed by atoms with van der Waals surface area (Å²) in [6.07, 6.45) is -1.07. The van der Waals surface area contributed by atoms with Gasteiger partial charge in [-0.15, -0.1) is 0 Å². The second kappa shape index (κ2) is 9.24. The number of hydrogen-bond donors (Lipinski definition) is 2. The Morgan fingerprint density at radius 2 is 1.81 bits per heavy atom. The number of carboxylic acids is 1. The molecule has 8 nitrogen and oxygen atoms in total. The first kappa shape index (κ1) is 25.7. The van der Waals surface area contributed by atoms with Crippen molar-refractivity contribution >= 4 is 18.0 Å². The van der Waals surface area contributed by atoms with Gasteiger partial charge in [-0.05, 0) is 62.1 Å². The van der Waals surface area contributed by atoms with Gasteiger partial charge in [-0.2, -0.15) is 0 Å². The van der Waals surface area contributed by atoms with E-state index in [0.717, 1.165) is 11.1 Å². The van der Waals surface area contributed by atoms with E-state index in [2.05, 4.69) is 0 Å². The van der Waals surface area contributed by atoms with E-state index < -0.39 is 35.2 Å². The van der Waals surface area contributed by atoms with Crippen molar-refractivity contribution in [1.29, 1.82) is 0 Å². The van der Waals surface area contributed by atoms with E-state index >= 15 is 0 Å². The molecule has 36 heavy (non-hydrogen) atoms. The van der Waals surface area contributed by atoms with Gasteiger partial charge in [0.15, 0.2) is 0 Å². The minimum atomic E-state index is -1.04. The number of ether oxygens (including phenoxy) is 1. The van der Waals surface area contributed by atoms with Gasteiger partial charge in [-0.3, -0.25) is 9.69 Å². The van der Waals surface area contributed by atoms with Crippen LogP contribution < -0.4 is 0 Å². The molecule has 4 rings (SSSR count). The number of benzene rings is 2. The normalized spacial score (nSPS) is 19.8. The van der Waals surface area contributed by atoms with Gasteiger partial charge in [0.05, 0.1) is 17.7 Å². The SMILES string of the molecule is CC(C)(C)OC(=O)N1Cc2ccccc2C[C@H]1[C@H](O)CN1CC(C)(C)c2cc(C(=O)O)ccc2C1=O. The first-order valence-electron chi connectivity index (χ1n) is 12.2. The van der Waals surface area contributed by atoms with E-state index in [1.807, 2.05) is 38.1 Å². The summed E-state index contributed by atoms with van der Waals surface area (Å²) in [7, 11) is 0. The molecule has 2 aromatic carbocycles. The third-order valence-electron chi connectivity index (χ3n) is 6.87. The lowest BCUT2D eigenvalue weighted by Gasteiger charge is -2.44. The van der Waals surface area contributed by atoms with Crippen molar-refractivity contribution in [3.05, 3.63) is 70.3 Å². The van der Waals surface area contributed by atoms with Crippen LogP contribution in [0.5, 0.6) is 0 Å². The molecule has 2 atom stereocenters. The van der Waals surface area contributed by atoms with Crippen LogP contribution in [0.2, 0.25) is 0 Å². The highest BCUT2D eigenvalue weighted by molar-refractivity contribution is 5.99. The zero-order chi connectivity index (χ0) is 26.4. The predicted octanol–water partition coefficient (Wildman–Crippen LogP) is 3.84. The molecule has 0 spiro atoms. The number of rotatable bonds is 4. The molecule has 0 fully saturated rings. The molecule has 2 heterocycles. The molecule has 2 aliphatic heterocycles. The van der Waals surface area contributed by atoms with Crippen LogP contribution in [0.1, 0.15) is 72.0 Å². The van der Waals surface area contributed by atoms with E-state index in [1.165, 1.54) is 6.07 Å². The molecule has 2 aliphatic rings. The lowest BCUT2D eigenvalue weighted by molar-refractivity contribution is -0.0193. The minimum Gasteiger partial charge on any atom is -0.478 e. The molecular formula is C28H34N2O6. The number of fused-ring (bicyclic) bond motifs is 2. The Kier molecular flexibility index (Phi) is 6.60. The topological polar surface area (TPSA) is 107 Å². The molecule has 0 saturated heterocycles. The van der Waals surface area contributed by atoms with Crippen molar-refractivity contribution < 1.29 is 29.3 Å². The van der Waals surface area contributed by atoms with Crippen LogP contribution in [0.25, 0.3) is 0 Å². The quantitative estimate of drug-likeness (QED) is 0.669. The number of aliphatic hydroxyl groups excluding tert-OH is 1. The van der Waals surface area contributed by atoms with E-state index in [0.29, 0.717) is 30.6 Å². The van der Waals surface area contributed by atoms with Crippen LogP contribution in [-0.2, 0) is 23.1 Å². The van der Waals surface area contributed by atoms with E-state index in [1.54, 1.807) is 42.7 Å². The molecule has 192 valence electrons. The molecule has 0 aromatic heterocycles. The van der Waals surface area contributed by atoms with Crippen molar-refractivity contribution in [1.82, 2.24) is 9.80 Å². The molecule has 2 N–H and O–H groups in total. The van der Waals surface area contributed by atoms with Crippen molar-refractivity contribution in [2.24, 2.45) is 0 Å². The number of nitrogens with zero attached hydrogens (tertiary/aromatic N) is 2. The Hall–Kier alpha value is -3.39. The highest BCUT2D eigenvalue weighted by atomic mass is 16.6. The summed E-state index contributed by atoms with van der Waals surface area (Å²) in [6.45, 7) is 9.97. The maximum absolute atomic E-state index is 13.4. The van der Waals surface area contributed by atoms with Crippen molar-refractivity contribution in [2.45, 2.75) is 70.7 Å². The van der Waals surface area contributed by atoms with Crippen LogP contribution in [0.3, 0.4) is 0 Å². The minimum absolute atomic E-state index is 0.0362. The summed E-state index contributed by atoms with van der Waals surface area (Å²) in [5, 5.41) is 20.8. The average molecular weight is 495 g/mol. The first-order valence-corrected chi connectivity index (χ1v) is 12.2. The number of hydrogen-bond acceptors (Lipinski definition) is 5. The molecule has 0 bridgehead atoms. The van der Waals surface area contributed by atoms with E-state index in [9.17, 15) is 24.6 Å². The zero-order valence-electron chi connectivity index (χ0n) is 21.4. The highest BCUT2D eigenvalue weighted by Gasteiger charge is 2.41. The maximum Gasteiger partial charge on any atom is 0.410 e. The number of amides is 2. The van der Waals surface area contributed by atoms with Gasteiger partial charge in [-0.25, -0.2) is 9.59 Å². The summed E-state index contributed by atoms with van der Waals surface area (Å²) in [5.74, 6) is -1.31. The number of carbonyl (C=O) groups excluding carboxylic acids is 2. The van der Waals surface area contributed by atoms with Crippen LogP contribution in [0, 0.1) is 0 Å². The van der Waals surface area contributed by atoms with Crippen LogP contribution in [-0.4, -0.2) is 68.8 Å². The Labute approximate surface area is 211 Å². The van der Waals surface area contributed by atoms with Gasteiger partial charge < -0.3 is 19.8 Å². The number of carbonyl (C=O) groups is 3. The first-order chi connectivity index (χ1) is 16.8. The smallest absolute Gasteiger partial charge is 0.410 e. The summed E-state index contributed by atoms with van der Waals surface area (Å²) in [6, 6.07) is 11.8. The Bertz CT molecular complexity index is 1200. The summed E-state index contributed by atoms with van der Waals surface area (Å²) in [5.41, 5.74) is 2.11. The molecular weight excluding hydrogens is 460 g/mol. The van der Waals surface area contributed by atoms with Crippen LogP contribution >= 0.6 is 0 Å². The van der Waals surface area contributed by atoms with Gasteiger partial charge >= 0.3 is 12.1 Å². The van der Waals surface area contributed by atoms with Crippen LogP contribution in [0.15, 0.2) is 42.5 Å². The standard InChI is InChI=1S/C28H34N2O6/c1-27(2,3)36-26(35)30-14-19-9-7-6-8-17(19)13-22(30)23(31)15-29-16-28(4,5)21-12-18(25(33)34)10-11-20(21)24(29)32/h6-12,22-23,31H,13-16H2,1-5H3,(H,33,34)/t22-,23+/m0/s1. The largest absolute Gasteiger partial charge is 0.478 e. The van der Waals surface area contributed by atoms with Crippen molar-refractivity contribution in [3.8, 4) is 0 Å². The Morgan fingerprint density at radius 1 is 1.14 bits per heavy atom. The fraction of sp³-hybridized carbons (Fsp3) is 0.464. The van der Waals surface area contributed by atoms with Gasteiger partial charge in [0, 0.05) is 30.6 Å². The lowest BCUT2D eigenvalue weighted by atomic mass is 9.77. The number of aliphatic hydroxyl groups is 1. The molecule has 0 unspecified atom stereocenters. The Morgan fingerprint density at radius 3 is 2.44 bits per heavy atom. The van der Waals surface area contributed by atoms with Crippen LogP contribution in [0.4, 0.5) is 4.79 Å². The Balaban J connectivity index is 1.60. The monoisotopic (exact) mass is 494 g/mol. The summed E-state index contributed by atoms with van der Waals surface area (Å²) < 4.78 is 5.64. The maximum atomic E-state index is 13.4. The number of aromatic carboxylic acids is 1. The predicted molar refractivity (Wildman–Crippen MR) is 134 cm³/mol. The average Bonchev–Trinajstić information content (AvgIpc) is 2.80. The van der Waals surface area contributed by atoms with Gasteiger partial charge in [0.25, 0.3) is 5.91 Å². The second-order valence-electron chi connectivity index (χ2n) is 11.4. The molecule has 0 aliphatic carbocycles. The fourth-order valence-corrected chi connectivity index (χ4v) is 5.13. The summed E-state index contributed by atoms with van der Waals surface area (Å²) in [4.78, 5) is 41.1.